The number of ether oxygens (including phenoxy) is 1. The first kappa shape index (κ1) is 21.4. The van der Waals surface area contributed by atoms with Crippen LogP contribution in [0, 0.1) is 11.7 Å². The zero-order valence-electron chi connectivity index (χ0n) is 15.3. The van der Waals surface area contributed by atoms with E-state index >= 15 is 0 Å². The Hall–Kier alpha value is -3.34. The van der Waals surface area contributed by atoms with Crippen LogP contribution in [0.4, 0.5) is 17.6 Å². The third-order valence-corrected chi connectivity index (χ3v) is 4.37. The van der Waals surface area contributed by atoms with Crippen molar-refractivity contribution >= 4 is 16.9 Å². The topological polar surface area (TPSA) is 107 Å². The third kappa shape index (κ3) is 4.98. The molecule has 4 rings (SSSR count). The second kappa shape index (κ2) is 8.57. The average molecular weight is 427 g/mol. The van der Waals surface area contributed by atoms with Gasteiger partial charge in [-0.1, -0.05) is 0 Å². The molecule has 0 aliphatic carbocycles. The monoisotopic (exact) mass is 427 g/mol. The van der Waals surface area contributed by atoms with Crippen LogP contribution in [0.1, 0.15) is 0 Å². The molecule has 0 radical (unpaired) electrons. The highest BCUT2D eigenvalue weighted by atomic mass is 19.4. The molecule has 0 unspecified atom stereocenters. The summed E-state index contributed by atoms with van der Waals surface area (Å²) in [4.78, 5) is 8.90. The van der Waals surface area contributed by atoms with E-state index in [4.69, 9.17) is 14.6 Å². The fraction of sp³-hybridized carbons (Fsp3) is 0.263. The molecule has 1 aromatic heterocycles. The van der Waals surface area contributed by atoms with Crippen LogP contribution in [0.25, 0.3) is 22.0 Å². The number of hydrogen-bond acceptors (Lipinski definition) is 5. The Morgan fingerprint density at radius 2 is 1.93 bits per heavy atom. The number of hydrogen-bond donors (Lipinski definition) is 4. The summed E-state index contributed by atoms with van der Waals surface area (Å²) in [6.07, 6.45) is -3.37. The normalized spacial score (nSPS) is 14.0. The molecule has 7 nitrogen and oxygen atoms in total. The van der Waals surface area contributed by atoms with Gasteiger partial charge in [0.1, 0.15) is 17.3 Å². The van der Waals surface area contributed by atoms with Crippen LogP contribution in [-0.2, 0) is 4.79 Å². The Kier molecular flexibility index (Phi) is 6.11. The number of benzene rings is 2. The molecule has 160 valence electrons. The van der Waals surface area contributed by atoms with Crippen molar-refractivity contribution in [1.82, 2.24) is 15.5 Å². The Labute approximate surface area is 167 Å². The third-order valence-electron chi connectivity index (χ3n) is 4.37. The van der Waals surface area contributed by atoms with Gasteiger partial charge in [-0.2, -0.15) is 18.3 Å². The Morgan fingerprint density at radius 3 is 2.50 bits per heavy atom. The maximum Gasteiger partial charge on any atom is 0.490 e. The molecule has 3 aromatic rings. The lowest BCUT2D eigenvalue weighted by Crippen LogP contribution is -2.45. The van der Waals surface area contributed by atoms with Gasteiger partial charge in [0.05, 0.1) is 23.7 Å². The number of phenolic OH excluding ortho intramolecular Hbond substituents is 1. The molecule has 0 spiro atoms. The minimum atomic E-state index is -5.08. The van der Waals surface area contributed by atoms with Crippen LogP contribution in [0.5, 0.6) is 11.5 Å². The van der Waals surface area contributed by atoms with E-state index in [9.17, 15) is 22.7 Å². The summed E-state index contributed by atoms with van der Waals surface area (Å²) in [5.74, 6) is -2.13. The molecule has 2 heterocycles. The number of aromatic amines is 1. The van der Waals surface area contributed by atoms with Gasteiger partial charge in [-0.3, -0.25) is 5.10 Å². The summed E-state index contributed by atoms with van der Waals surface area (Å²) in [6.45, 7) is 2.54. The fourth-order valence-electron chi connectivity index (χ4n) is 2.71. The van der Waals surface area contributed by atoms with Crippen molar-refractivity contribution in [3.8, 4) is 22.6 Å². The predicted molar refractivity (Wildman–Crippen MR) is 98.7 cm³/mol. The van der Waals surface area contributed by atoms with Gasteiger partial charge in [-0.05, 0) is 29.8 Å². The molecule has 1 fully saturated rings. The van der Waals surface area contributed by atoms with E-state index < -0.39 is 18.0 Å². The number of H-pyrrole nitrogens is 1. The van der Waals surface area contributed by atoms with E-state index in [1.807, 2.05) is 12.1 Å². The zero-order valence-corrected chi connectivity index (χ0v) is 15.3. The van der Waals surface area contributed by atoms with Gasteiger partial charge in [0.2, 0.25) is 0 Å². The molecule has 0 amide bonds. The molecule has 1 aliphatic heterocycles. The van der Waals surface area contributed by atoms with Crippen molar-refractivity contribution in [3.05, 3.63) is 42.3 Å². The van der Waals surface area contributed by atoms with Gasteiger partial charge in [-0.15, -0.1) is 0 Å². The molecule has 11 heteroatoms. The number of carbonyl (C=O) groups is 1. The molecular weight excluding hydrogens is 410 g/mol. The van der Waals surface area contributed by atoms with Crippen LogP contribution < -0.4 is 10.1 Å². The van der Waals surface area contributed by atoms with E-state index in [1.54, 1.807) is 12.3 Å². The summed E-state index contributed by atoms with van der Waals surface area (Å²) < 4.78 is 51.8. The van der Waals surface area contributed by atoms with Gasteiger partial charge in [0.25, 0.3) is 0 Å². The number of halogens is 4. The first-order valence-corrected chi connectivity index (χ1v) is 8.75. The molecule has 0 saturated carbocycles. The standard InChI is InChI=1S/C17H16FN3O2.C2HF3O2/c18-15-5-12(22)1-2-13(15)11-3-16-14(8-20-21-16)17(4-11)23-9-10-6-19-7-10;3-2(4,5)1(6)7/h1-5,8,10,19,22H,6-7,9H2,(H,20,21);(H,6,7). The number of phenols is 1. The van der Waals surface area contributed by atoms with Crippen molar-refractivity contribution in [3.63, 3.8) is 0 Å². The summed E-state index contributed by atoms with van der Waals surface area (Å²) in [6, 6.07) is 7.78. The predicted octanol–water partition coefficient (Wildman–Crippen LogP) is 3.31. The Morgan fingerprint density at radius 1 is 1.23 bits per heavy atom. The minimum absolute atomic E-state index is 0.0946. The summed E-state index contributed by atoms with van der Waals surface area (Å²) in [7, 11) is 0. The highest BCUT2D eigenvalue weighted by molar-refractivity contribution is 5.89. The van der Waals surface area contributed by atoms with Crippen molar-refractivity contribution < 1.29 is 37.3 Å². The first-order valence-electron chi connectivity index (χ1n) is 8.75. The maximum atomic E-state index is 14.1. The van der Waals surface area contributed by atoms with Gasteiger partial charge in [0.15, 0.2) is 0 Å². The number of rotatable bonds is 4. The molecular formula is C19H17F4N3O4. The smallest absolute Gasteiger partial charge is 0.490 e. The van der Waals surface area contributed by atoms with Crippen molar-refractivity contribution in [1.29, 1.82) is 0 Å². The molecule has 0 atom stereocenters. The van der Waals surface area contributed by atoms with Crippen LogP contribution in [0.3, 0.4) is 0 Å². The lowest BCUT2D eigenvalue weighted by Gasteiger charge is -2.27. The highest BCUT2D eigenvalue weighted by Gasteiger charge is 2.38. The zero-order chi connectivity index (χ0) is 21.9. The number of nitrogens with one attached hydrogen (secondary N) is 2. The van der Waals surface area contributed by atoms with Crippen molar-refractivity contribution in [2.24, 2.45) is 5.92 Å². The number of aromatic hydroxyl groups is 1. The molecule has 2 aromatic carbocycles. The van der Waals surface area contributed by atoms with E-state index in [0.717, 1.165) is 30.1 Å². The number of alkyl halides is 3. The van der Waals surface area contributed by atoms with Crippen LogP contribution in [-0.4, -0.2) is 52.3 Å². The van der Waals surface area contributed by atoms with Crippen LogP contribution >= 0.6 is 0 Å². The van der Waals surface area contributed by atoms with Gasteiger partial charge in [0, 0.05) is 30.6 Å². The number of fused-ring (bicyclic) bond motifs is 1. The van der Waals surface area contributed by atoms with Crippen molar-refractivity contribution in [2.75, 3.05) is 19.7 Å². The van der Waals surface area contributed by atoms with Crippen LogP contribution in [0.15, 0.2) is 36.5 Å². The highest BCUT2D eigenvalue weighted by Crippen LogP contribution is 2.34. The lowest BCUT2D eigenvalue weighted by molar-refractivity contribution is -0.192. The van der Waals surface area contributed by atoms with E-state index in [0.29, 0.717) is 29.4 Å². The Balaban J connectivity index is 0.000000318. The van der Waals surface area contributed by atoms with E-state index in [2.05, 4.69) is 15.5 Å². The number of aliphatic carboxylic acids is 1. The number of nitrogens with zero attached hydrogens (tertiary/aromatic N) is 1. The minimum Gasteiger partial charge on any atom is -0.508 e. The van der Waals surface area contributed by atoms with E-state index in [1.165, 1.54) is 6.07 Å². The quantitative estimate of drug-likeness (QED) is 0.476. The maximum absolute atomic E-state index is 14.1. The summed E-state index contributed by atoms with van der Waals surface area (Å²) >= 11 is 0. The van der Waals surface area contributed by atoms with Crippen LogP contribution in [0.2, 0.25) is 0 Å². The SMILES string of the molecule is O=C(O)C(F)(F)F.Oc1ccc(-c2cc(OCC3CNC3)c3cn[nH]c3c2)c(F)c1. The largest absolute Gasteiger partial charge is 0.508 e. The average Bonchev–Trinajstić information content (AvgIpc) is 3.08. The summed E-state index contributed by atoms with van der Waals surface area (Å²) in [5, 5.41) is 27.5. The number of carboxylic acid groups (broad SMARTS) is 1. The van der Waals surface area contributed by atoms with Gasteiger partial charge in [-0.25, -0.2) is 9.18 Å². The second-order valence-electron chi connectivity index (χ2n) is 6.61. The Bertz CT molecular complexity index is 1050. The first-order chi connectivity index (χ1) is 14.1. The molecule has 0 bridgehead atoms. The summed E-state index contributed by atoms with van der Waals surface area (Å²) in [5.41, 5.74) is 1.88. The molecule has 1 saturated heterocycles. The number of aromatic nitrogens is 2. The molecule has 30 heavy (non-hydrogen) atoms. The second-order valence-corrected chi connectivity index (χ2v) is 6.61. The number of carboxylic acids is 1. The van der Waals surface area contributed by atoms with Crippen molar-refractivity contribution in [2.45, 2.75) is 6.18 Å². The molecule has 1 aliphatic rings. The molecule has 4 N–H and O–H groups in total. The van der Waals surface area contributed by atoms with Gasteiger partial charge >= 0.3 is 12.1 Å². The van der Waals surface area contributed by atoms with Gasteiger partial charge < -0.3 is 20.3 Å². The van der Waals surface area contributed by atoms with E-state index in [-0.39, 0.29) is 5.75 Å². The fourth-order valence-corrected chi connectivity index (χ4v) is 2.71. The lowest BCUT2D eigenvalue weighted by atomic mass is 10.0.